The number of rotatable bonds is 4. The van der Waals surface area contributed by atoms with E-state index >= 15 is 0 Å². The first kappa shape index (κ1) is 38.8. The van der Waals surface area contributed by atoms with E-state index in [0.29, 0.717) is 0 Å². The third-order valence-corrected chi connectivity index (χ3v) is 16.3. The van der Waals surface area contributed by atoms with E-state index in [1.807, 2.05) is 0 Å². The van der Waals surface area contributed by atoms with Gasteiger partial charge in [0.1, 0.15) is 0 Å². The van der Waals surface area contributed by atoms with Crippen LogP contribution in [0.1, 0.15) is 94.3 Å². The van der Waals surface area contributed by atoms with Crippen molar-refractivity contribution in [1.82, 2.24) is 0 Å². The molecule has 0 bridgehead atoms. The highest BCUT2D eigenvalue weighted by molar-refractivity contribution is 5.98. The zero-order valence-corrected chi connectivity index (χ0v) is 38.5. The summed E-state index contributed by atoms with van der Waals surface area (Å²) in [6.07, 6.45) is 14.9. The van der Waals surface area contributed by atoms with E-state index in [1.54, 1.807) is 0 Å². The van der Waals surface area contributed by atoms with Crippen molar-refractivity contribution in [3.63, 3.8) is 0 Å². The number of nitrogens with zero attached hydrogens (tertiary/aromatic N) is 2. The van der Waals surface area contributed by atoms with Crippen LogP contribution >= 0.6 is 0 Å². The highest BCUT2D eigenvalue weighted by Gasteiger charge is 2.52. The fraction of sp³-hybridized carbons (Fsp3) is 0.169. The average Bonchev–Trinajstić information content (AvgIpc) is 3.92. The van der Waals surface area contributed by atoms with Crippen molar-refractivity contribution < 1.29 is 0 Å². The van der Waals surface area contributed by atoms with Crippen LogP contribution in [0.15, 0.2) is 187 Å². The minimum Gasteiger partial charge on any atom is -0.341 e. The van der Waals surface area contributed by atoms with E-state index in [4.69, 9.17) is 0 Å². The molecule has 0 saturated carbocycles. The molecular formula is C65H52N2. The largest absolute Gasteiger partial charge is 0.341 e. The molecule has 67 heavy (non-hydrogen) atoms. The average molecular weight is 861 g/mol. The molecule has 1 spiro atoms. The van der Waals surface area contributed by atoms with Crippen LogP contribution in [0.25, 0.3) is 45.5 Å². The Hall–Kier alpha value is -7.42. The predicted molar refractivity (Wildman–Crippen MR) is 280 cm³/mol. The van der Waals surface area contributed by atoms with E-state index in [9.17, 15) is 0 Å². The lowest BCUT2D eigenvalue weighted by Crippen LogP contribution is -2.28. The van der Waals surface area contributed by atoms with Crippen LogP contribution in [0.3, 0.4) is 0 Å². The fourth-order valence-electron chi connectivity index (χ4n) is 13.4. The third-order valence-electron chi connectivity index (χ3n) is 16.3. The molecule has 6 aliphatic rings. The molecule has 0 atom stereocenters. The van der Waals surface area contributed by atoms with Crippen LogP contribution in [0.4, 0.5) is 22.7 Å². The molecular weight excluding hydrogens is 809 g/mol. The van der Waals surface area contributed by atoms with Gasteiger partial charge in [0.15, 0.2) is 0 Å². The van der Waals surface area contributed by atoms with Crippen LogP contribution in [-0.2, 0) is 23.7 Å². The van der Waals surface area contributed by atoms with E-state index in [-0.39, 0.29) is 5.41 Å². The first-order valence-electron chi connectivity index (χ1n) is 24.5. The Balaban J connectivity index is 0.878. The maximum atomic E-state index is 2.59. The van der Waals surface area contributed by atoms with Gasteiger partial charge < -0.3 is 9.80 Å². The number of hydrogen-bond acceptors (Lipinski definition) is 2. The molecule has 2 nitrogen and oxygen atoms in total. The van der Waals surface area contributed by atoms with Crippen molar-refractivity contribution >= 4 is 34.9 Å². The summed E-state index contributed by atoms with van der Waals surface area (Å²) >= 11 is 0. The van der Waals surface area contributed by atoms with Crippen molar-refractivity contribution in [3.05, 3.63) is 248 Å². The molecule has 2 heteroatoms. The molecule has 0 N–H and O–H groups in total. The van der Waals surface area contributed by atoms with Crippen LogP contribution in [0.2, 0.25) is 0 Å². The van der Waals surface area contributed by atoms with Gasteiger partial charge in [-0.05, 0) is 175 Å². The summed E-state index contributed by atoms with van der Waals surface area (Å²) in [6.45, 7) is 8.21. The molecule has 0 aromatic heterocycles. The monoisotopic (exact) mass is 860 g/mol. The van der Waals surface area contributed by atoms with Crippen molar-refractivity contribution in [2.75, 3.05) is 16.3 Å². The van der Waals surface area contributed by atoms with Gasteiger partial charge in [-0.2, -0.15) is 0 Å². The van der Waals surface area contributed by atoms with Gasteiger partial charge >= 0.3 is 0 Å². The number of benzene rings is 8. The highest BCUT2D eigenvalue weighted by atomic mass is 15.2. The molecule has 8 aromatic carbocycles. The molecule has 4 aliphatic carbocycles. The molecule has 0 amide bonds. The van der Waals surface area contributed by atoms with Crippen molar-refractivity contribution in [2.45, 2.75) is 63.7 Å². The van der Waals surface area contributed by atoms with Gasteiger partial charge in [-0.25, -0.2) is 0 Å². The van der Waals surface area contributed by atoms with E-state index in [2.05, 4.69) is 219 Å². The number of fused-ring (bicyclic) bond motifs is 15. The Bertz CT molecular complexity index is 3490. The second kappa shape index (κ2) is 14.3. The second-order valence-corrected chi connectivity index (χ2v) is 20.3. The first-order chi connectivity index (χ1) is 32.9. The van der Waals surface area contributed by atoms with Gasteiger partial charge in [0, 0.05) is 46.8 Å². The Morgan fingerprint density at radius 3 is 1.96 bits per heavy atom. The third kappa shape index (κ3) is 5.45. The minimum absolute atomic E-state index is 0.119. The normalized spacial score (nSPS) is 17.1. The number of hydrogen-bond donors (Lipinski definition) is 0. The number of aryl methyl sites for hydroxylation is 2. The molecule has 2 aliphatic heterocycles. The molecule has 0 unspecified atom stereocenters. The summed E-state index contributed by atoms with van der Waals surface area (Å²) in [4.78, 5) is 5.12. The van der Waals surface area contributed by atoms with Gasteiger partial charge in [-0.15, -0.1) is 0 Å². The maximum Gasteiger partial charge on any atom is 0.0726 e. The molecule has 2 heterocycles. The summed E-state index contributed by atoms with van der Waals surface area (Å²) in [5, 5.41) is 0. The standard InChI is InChI=1S/C65H52N2/c1-41-35-43(27-26-42-28-31-51-52-32-29-47(39-57(52)64(2,3)56(51)36-42)66-34-14-18-44-15-4-11-23-60(44)66)37-59-63(41)53-33-30-48(67-61-24-12-5-16-45(61)38-46-17-6-13-25-62(46)67)40-58(53)65(59)54-21-9-7-19-49(54)50-20-8-10-22-55(50)65/h4-12,15-17,19-24,26-33,35-37,39-40H,13-14,18,25,34,38H2,1-3H3/b27-26+. The SMILES string of the molecule is Cc1cc(/C=C/c2ccc3c(c2)C(C)(C)c2cc(N4CCCc5ccccc54)ccc2-3)cc2c1-c1ccc(N3C4=C(C=CCC4)Cc4ccccc43)cc1C21c2ccccc2-c2ccccc21. The minimum atomic E-state index is -0.458. The van der Waals surface area contributed by atoms with E-state index in [0.717, 1.165) is 32.2 Å². The Morgan fingerprint density at radius 1 is 0.507 bits per heavy atom. The zero-order chi connectivity index (χ0) is 44.6. The molecule has 8 aromatic rings. The van der Waals surface area contributed by atoms with Crippen molar-refractivity contribution in [2.24, 2.45) is 0 Å². The Morgan fingerprint density at radius 2 is 1.13 bits per heavy atom. The molecule has 322 valence electrons. The molecule has 14 rings (SSSR count). The van der Waals surface area contributed by atoms with Crippen LogP contribution in [0.5, 0.6) is 0 Å². The van der Waals surface area contributed by atoms with Crippen LogP contribution in [0, 0.1) is 6.92 Å². The number of anilines is 4. The lowest BCUT2D eigenvalue weighted by Gasteiger charge is -2.37. The predicted octanol–water partition coefficient (Wildman–Crippen LogP) is 16.2. The Kier molecular flexibility index (Phi) is 8.28. The quantitative estimate of drug-likeness (QED) is 0.163. The van der Waals surface area contributed by atoms with Gasteiger partial charge in [0.25, 0.3) is 0 Å². The van der Waals surface area contributed by atoms with Gasteiger partial charge in [0.2, 0.25) is 0 Å². The highest BCUT2D eigenvalue weighted by Crippen LogP contribution is 2.64. The molecule has 0 fully saturated rings. The smallest absolute Gasteiger partial charge is 0.0726 e. The van der Waals surface area contributed by atoms with Gasteiger partial charge in [0.05, 0.1) is 5.41 Å². The second-order valence-electron chi connectivity index (χ2n) is 20.3. The zero-order valence-electron chi connectivity index (χ0n) is 38.5. The summed E-state index contributed by atoms with van der Waals surface area (Å²) in [7, 11) is 0. The molecule has 0 saturated heterocycles. The van der Waals surface area contributed by atoms with E-state index < -0.39 is 5.41 Å². The van der Waals surface area contributed by atoms with Gasteiger partial charge in [-0.3, -0.25) is 0 Å². The topological polar surface area (TPSA) is 6.48 Å². The van der Waals surface area contributed by atoms with Crippen molar-refractivity contribution in [3.8, 4) is 33.4 Å². The lowest BCUT2D eigenvalue weighted by atomic mass is 9.70. The summed E-state index contributed by atoms with van der Waals surface area (Å²) in [6, 6.07) is 63.1. The van der Waals surface area contributed by atoms with E-state index in [1.165, 1.54) is 135 Å². The fourth-order valence-corrected chi connectivity index (χ4v) is 13.4. The number of allylic oxidation sites excluding steroid dienone is 4. The summed E-state index contributed by atoms with van der Waals surface area (Å²) < 4.78 is 0. The lowest BCUT2D eigenvalue weighted by molar-refractivity contribution is 0.659. The van der Waals surface area contributed by atoms with Crippen LogP contribution < -0.4 is 9.80 Å². The van der Waals surface area contributed by atoms with Crippen molar-refractivity contribution in [1.29, 1.82) is 0 Å². The first-order valence-corrected chi connectivity index (χ1v) is 24.5. The number of para-hydroxylation sites is 2. The summed E-state index contributed by atoms with van der Waals surface area (Å²) in [5.74, 6) is 0. The molecule has 0 radical (unpaired) electrons. The maximum absolute atomic E-state index is 2.59. The van der Waals surface area contributed by atoms with Gasteiger partial charge in [-0.1, -0.05) is 159 Å². The van der Waals surface area contributed by atoms with Crippen LogP contribution in [-0.4, -0.2) is 6.54 Å². The Labute approximate surface area is 394 Å². The summed E-state index contributed by atoms with van der Waals surface area (Å²) in [5.41, 5.74) is 30.6.